The first-order valence-corrected chi connectivity index (χ1v) is 12.4. The minimum absolute atomic E-state index is 0.0537. The second kappa shape index (κ2) is 15.6. The van der Waals surface area contributed by atoms with Crippen molar-refractivity contribution >= 4 is 11.7 Å². The van der Waals surface area contributed by atoms with E-state index in [1.54, 1.807) is 6.92 Å². The van der Waals surface area contributed by atoms with Crippen molar-refractivity contribution in [2.24, 2.45) is 4.99 Å². The third-order valence-corrected chi connectivity index (χ3v) is 6.44. The van der Waals surface area contributed by atoms with Gasteiger partial charge in [0.2, 0.25) is 5.91 Å². The van der Waals surface area contributed by atoms with Crippen molar-refractivity contribution in [2.45, 2.75) is 117 Å². The molecule has 1 aliphatic rings. The number of likely N-dealkylation sites (N-methyl/N-ethyl adjacent to an activating group) is 1. The molecular formula is C25H48N3O+. The number of amides is 1. The fraction of sp³-hybridized carbons (Fsp3) is 0.840. The molecule has 1 N–H and O–H groups in total. The van der Waals surface area contributed by atoms with Gasteiger partial charge in [-0.25, -0.2) is 4.99 Å². The Morgan fingerprint density at radius 1 is 1.00 bits per heavy atom. The molecule has 0 aliphatic carbocycles. The quantitative estimate of drug-likeness (QED) is 0.170. The van der Waals surface area contributed by atoms with Gasteiger partial charge >= 0.3 is 0 Å². The maximum absolute atomic E-state index is 11.5. The van der Waals surface area contributed by atoms with E-state index in [1.807, 2.05) is 0 Å². The van der Waals surface area contributed by atoms with Gasteiger partial charge in [-0.2, -0.15) is 0 Å². The standard InChI is InChI=1S/C25H47N3O/c1-5-7-8-9-10-11-12-13-14-15-16-17-18-19-20-25-26-21-22-28(25,6-2)23(3)27-24(4)29/h14-15,23H,5-13,16-22H2,1-4H3/p+1/b15-14+. The van der Waals surface area contributed by atoms with Gasteiger partial charge in [-0.05, 0) is 39.0 Å². The molecule has 0 aromatic heterocycles. The molecule has 0 saturated heterocycles. The van der Waals surface area contributed by atoms with Crippen LogP contribution in [0.5, 0.6) is 0 Å². The lowest BCUT2D eigenvalue weighted by Crippen LogP contribution is -2.62. The van der Waals surface area contributed by atoms with E-state index in [0.29, 0.717) is 0 Å². The molecular weight excluding hydrogens is 358 g/mol. The van der Waals surface area contributed by atoms with Crippen molar-refractivity contribution in [2.75, 3.05) is 19.6 Å². The highest BCUT2D eigenvalue weighted by atomic mass is 16.1. The SMILES string of the molecule is CCCCCCCCC/C=C/CCCCCC1=NCC[N+]1(CC)C(C)NC(C)=O. The Balaban J connectivity index is 2.12. The van der Waals surface area contributed by atoms with Crippen LogP contribution < -0.4 is 5.32 Å². The van der Waals surface area contributed by atoms with E-state index in [9.17, 15) is 4.79 Å². The lowest BCUT2D eigenvalue weighted by Gasteiger charge is -2.39. The van der Waals surface area contributed by atoms with E-state index in [0.717, 1.165) is 30.5 Å². The van der Waals surface area contributed by atoms with E-state index in [2.05, 4.69) is 38.2 Å². The lowest BCUT2D eigenvalue weighted by atomic mass is 10.1. The third kappa shape index (κ3) is 9.93. The van der Waals surface area contributed by atoms with Crippen LogP contribution in [0.15, 0.2) is 17.1 Å². The molecule has 0 radical (unpaired) electrons. The Labute approximate surface area is 180 Å². The van der Waals surface area contributed by atoms with Crippen molar-refractivity contribution < 1.29 is 9.28 Å². The van der Waals surface area contributed by atoms with Gasteiger partial charge in [0.1, 0.15) is 6.54 Å². The van der Waals surface area contributed by atoms with Crippen LogP contribution in [0.4, 0.5) is 0 Å². The number of carbonyl (C=O) groups is 1. The molecule has 4 heteroatoms. The highest BCUT2D eigenvalue weighted by Crippen LogP contribution is 2.23. The van der Waals surface area contributed by atoms with Crippen LogP contribution in [0.3, 0.4) is 0 Å². The molecule has 1 rings (SSSR count). The fourth-order valence-electron chi connectivity index (χ4n) is 4.56. The molecule has 0 aromatic carbocycles. The second-order valence-electron chi connectivity index (χ2n) is 8.73. The number of rotatable bonds is 17. The van der Waals surface area contributed by atoms with Gasteiger partial charge < -0.3 is 5.32 Å². The summed E-state index contributed by atoms with van der Waals surface area (Å²) in [6, 6.07) is 0. The van der Waals surface area contributed by atoms with E-state index >= 15 is 0 Å². The molecule has 0 spiro atoms. The summed E-state index contributed by atoms with van der Waals surface area (Å²) in [5.74, 6) is 1.35. The van der Waals surface area contributed by atoms with Gasteiger partial charge in [0, 0.05) is 20.3 Å². The Bertz CT molecular complexity index is 500. The average molecular weight is 407 g/mol. The minimum atomic E-state index is 0.0537. The number of unbranched alkanes of at least 4 members (excludes halogenated alkanes) is 10. The molecule has 4 nitrogen and oxygen atoms in total. The summed E-state index contributed by atoms with van der Waals surface area (Å²) in [6.07, 6.45) is 21.9. The van der Waals surface area contributed by atoms with Crippen LogP contribution in [0.1, 0.15) is 111 Å². The van der Waals surface area contributed by atoms with Gasteiger partial charge in [0.15, 0.2) is 12.0 Å². The summed E-state index contributed by atoms with van der Waals surface area (Å²) >= 11 is 0. The smallest absolute Gasteiger partial charge is 0.221 e. The molecule has 1 aliphatic heterocycles. The topological polar surface area (TPSA) is 41.5 Å². The zero-order chi connectivity index (χ0) is 21.4. The maximum Gasteiger partial charge on any atom is 0.221 e. The lowest BCUT2D eigenvalue weighted by molar-refractivity contribution is -0.861. The Kier molecular flexibility index (Phi) is 14.0. The summed E-state index contributed by atoms with van der Waals surface area (Å²) < 4.78 is 0.845. The number of quaternary nitrogens is 1. The number of nitrogens with zero attached hydrogens (tertiary/aromatic N) is 2. The summed E-state index contributed by atoms with van der Waals surface area (Å²) in [6.45, 7) is 11.2. The van der Waals surface area contributed by atoms with Crippen molar-refractivity contribution in [3.05, 3.63) is 12.2 Å². The van der Waals surface area contributed by atoms with E-state index in [4.69, 9.17) is 4.99 Å². The predicted molar refractivity (Wildman–Crippen MR) is 126 cm³/mol. The number of hydrogen-bond donors (Lipinski definition) is 1. The average Bonchev–Trinajstić information content (AvgIpc) is 3.12. The molecule has 1 amide bonds. The monoisotopic (exact) mass is 406 g/mol. The summed E-state index contributed by atoms with van der Waals surface area (Å²) in [5.41, 5.74) is 0. The highest BCUT2D eigenvalue weighted by molar-refractivity contribution is 5.78. The fourth-order valence-corrected chi connectivity index (χ4v) is 4.56. The summed E-state index contributed by atoms with van der Waals surface area (Å²) in [4.78, 5) is 16.3. The van der Waals surface area contributed by atoms with Crippen molar-refractivity contribution in [1.29, 1.82) is 0 Å². The molecule has 0 aromatic rings. The van der Waals surface area contributed by atoms with E-state index < -0.39 is 0 Å². The Morgan fingerprint density at radius 2 is 1.59 bits per heavy atom. The molecule has 168 valence electrons. The third-order valence-electron chi connectivity index (χ3n) is 6.44. The van der Waals surface area contributed by atoms with Crippen LogP contribution in [0, 0.1) is 0 Å². The molecule has 0 fully saturated rings. The first-order chi connectivity index (χ1) is 14.1. The zero-order valence-corrected chi connectivity index (χ0v) is 19.8. The number of nitrogens with one attached hydrogen (secondary N) is 1. The molecule has 1 heterocycles. The van der Waals surface area contributed by atoms with Crippen LogP contribution in [0.25, 0.3) is 0 Å². The van der Waals surface area contributed by atoms with E-state index in [1.165, 1.54) is 82.9 Å². The maximum atomic E-state index is 11.5. The van der Waals surface area contributed by atoms with Crippen molar-refractivity contribution in [1.82, 2.24) is 5.32 Å². The summed E-state index contributed by atoms with van der Waals surface area (Å²) in [5, 5.41) is 3.10. The van der Waals surface area contributed by atoms with Crippen LogP contribution in [-0.4, -0.2) is 42.0 Å². The van der Waals surface area contributed by atoms with Crippen molar-refractivity contribution in [3.63, 3.8) is 0 Å². The van der Waals surface area contributed by atoms with E-state index in [-0.39, 0.29) is 12.1 Å². The van der Waals surface area contributed by atoms with Crippen LogP contribution >= 0.6 is 0 Å². The van der Waals surface area contributed by atoms with Gasteiger partial charge in [-0.15, -0.1) is 0 Å². The van der Waals surface area contributed by atoms with Gasteiger partial charge in [0.05, 0.1) is 13.1 Å². The minimum Gasteiger partial charge on any atom is -0.307 e. The number of carbonyl (C=O) groups excluding carboxylic acids is 1. The van der Waals surface area contributed by atoms with Gasteiger partial charge in [-0.1, -0.05) is 64.0 Å². The van der Waals surface area contributed by atoms with Gasteiger partial charge in [-0.3, -0.25) is 9.28 Å². The van der Waals surface area contributed by atoms with Gasteiger partial charge in [0.25, 0.3) is 0 Å². The van der Waals surface area contributed by atoms with Crippen LogP contribution in [0.2, 0.25) is 0 Å². The second-order valence-corrected chi connectivity index (χ2v) is 8.73. The highest BCUT2D eigenvalue weighted by Gasteiger charge is 2.41. The number of aliphatic imine (C=N–C) groups is 1. The molecule has 2 atom stereocenters. The summed E-state index contributed by atoms with van der Waals surface area (Å²) in [7, 11) is 0. The first-order valence-electron chi connectivity index (χ1n) is 12.4. The Morgan fingerprint density at radius 3 is 2.17 bits per heavy atom. The molecule has 29 heavy (non-hydrogen) atoms. The van der Waals surface area contributed by atoms with Crippen LogP contribution in [-0.2, 0) is 4.79 Å². The first kappa shape index (κ1) is 25.9. The number of hydrogen-bond acceptors (Lipinski definition) is 2. The normalized spacial score (nSPS) is 20.2. The number of amidine groups is 1. The predicted octanol–water partition coefficient (Wildman–Crippen LogP) is 6.36. The zero-order valence-electron chi connectivity index (χ0n) is 19.8. The van der Waals surface area contributed by atoms with Crippen molar-refractivity contribution in [3.8, 4) is 0 Å². The molecule has 0 saturated carbocycles. The largest absolute Gasteiger partial charge is 0.307 e. The molecule has 0 bridgehead atoms. The molecule has 2 unspecified atom stereocenters. The number of allylic oxidation sites excluding steroid dienone is 2. The Hall–Kier alpha value is -1.16.